The molecule has 6 nitrogen and oxygen atoms in total. The van der Waals surface area contributed by atoms with Gasteiger partial charge in [-0.2, -0.15) is 0 Å². The Morgan fingerprint density at radius 1 is 1.32 bits per heavy atom. The van der Waals surface area contributed by atoms with Gasteiger partial charge >= 0.3 is 0 Å². The van der Waals surface area contributed by atoms with E-state index in [1.165, 1.54) is 4.90 Å². The van der Waals surface area contributed by atoms with Gasteiger partial charge in [0.15, 0.2) is 0 Å². The van der Waals surface area contributed by atoms with Crippen LogP contribution in [0.5, 0.6) is 0 Å². The summed E-state index contributed by atoms with van der Waals surface area (Å²) in [5, 5.41) is 11.9. The molecule has 0 aliphatic heterocycles. The average Bonchev–Trinajstić information content (AvgIpc) is 3.30. The number of rotatable bonds is 7. The molecule has 6 heteroatoms. The number of benzene rings is 1. The number of anilines is 1. The second-order valence-corrected chi connectivity index (χ2v) is 5.75. The molecule has 1 aromatic carbocycles. The first-order valence-corrected chi connectivity index (χ1v) is 7.47. The van der Waals surface area contributed by atoms with Crippen molar-refractivity contribution in [3.8, 4) is 0 Å². The molecule has 0 heterocycles. The summed E-state index contributed by atoms with van der Waals surface area (Å²) >= 11 is 0. The number of aliphatic hydroxyl groups is 1. The van der Waals surface area contributed by atoms with Crippen molar-refractivity contribution in [2.24, 2.45) is 0 Å². The van der Waals surface area contributed by atoms with Gasteiger partial charge in [0.2, 0.25) is 5.91 Å². The molecule has 2 rings (SSSR count). The molecular weight excluding hydrogens is 282 g/mol. The SMILES string of the molecule is CN(C)C(=O)c1cccc(NC(=O)CN(CCO)C2CC2)c1. The van der Waals surface area contributed by atoms with Crippen molar-refractivity contribution in [2.45, 2.75) is 18.9 Å². The van der Waals surface area contributed by atoms with Crippen molar-refractivity contribution in [1.82, 2.24) is 9.80 Å². The van der Waals surface area contributed by atoms with E-state index in [1.807, 2.05) is 4.90 Å². The fraction of sp³-hybridized carbons (Fsp3) is 0.500. The van der Waals surface area contributed by atoms with Crippen LogP contribution in [-0.4, -0.2) is 66.6 Å². The Hall–Kier alpha value is -1.92. The fourth-order valence-electron chi connectivity index (χ4n) is 2.33. The molecule has 1 aliphatic carbocycles. The lowest BCUT2D eigenvalue weighted by molar-refractivity contribution is -0.117. The molecule has 1 fully saturated rings. The molecule has 0 saturated heterocycles. The van der Waals surface area contributed by atoms with Crippen LogP contribution in [0.4, 0.5) is 5.69 Å². The van der Waals surface area contributed by atoms with Gasteiger partial charge in [-0.25, -0.2) is 0 Å². The number of amides is 2. The third kappa shape index (κ3) is 4.54. The van der Waals surface area contributed by atoms with E-state index in [9.17, 15) is 9.59 Å². The summed E-state index contributed by atoms with van der Waals surface area (Å²) in [4.78, 5) is 27.5. The second-order valence-electron chi connectivity index (χ2n) is 5.75. The summed E-state index contributed by atoms with van der Waals surface area (Å²) in [6.07, 6.45) is 2.17. The monoisotopic (exact) mass is 305 g/mol. The molecule has 1 aromatic rings. The molecule has 22 heavy (non-hydrogen) atoms. The summed E-state index contributed by atoms with van der Waals surface area (Å²) in [6, 6.07) is 7.32. The lowest BCUT2D eigenvalue weighted by Crippen LogP contribution is -2.36. The molecule has 0 bridgehead atoms. The van der Waals surface area contributed by atoms with E-state index in [2.05, 4.69) is 5.32 Å². The number of nitrogens with zero attached hydrogens (tertiary/aromatic N) is 2. The largest absolute Gasteiger partial charge is 0.395 e. The van der Waals surface area contributed by atoms with Crippen LogP contribution in [0, 0.1) is 0 Å². The Bertz CT molecular complexity index is 541. The Labute approximate surface area is 130 Å². The number of nitrogens with one attached hydrogen (secondary N) is 1. The average molecular weight is 305 g/mol. The lowest BCUT2D eigenvalue weighted by Gasteiger charge is -2.20. The Balaban J connectivity index is 1.96. The van der Waals surface area contributed by atoms with Gasteiger partial charge in [0, 0.05) is 37.9 Å². The van der Waals surface area contributed by atoms with Crippen LogP contribution >= 0.6 is 0 Å². The molecule has 0 unspecified atom stereocenters. The van der Waals surface area contributed by atoms with Crippen LogP contribution in [0.2, 0.25) is 0 Å². The highest BCUT2D eigenvalue weighted by Gasteiger charge is 2.29. The molecule has 2 amide bonds. The van der Waals surface area contributed by atoms with E-state index in [0.29, 0.717) is 23.8 Å². The molecule has 2 N–H and O–H groups in total. The molecule has 0 atom stereocenters. The molecule has 0 spiro atoms. The van der Waals surface area contributed by atoms with Gasteiger partial charge in [0.05, 0.1) is 13.2 Å². The zero-order valence-electron chi connectivity index (χ0n) is 13.1. The van der Waals surface area contributed by atoms with Crippen molar-refractivity contribution in [3.05, 3.63) is 29.8 Å². The molecule has 1 saturated carbocycles. The minimum Gasteiger partial charge on any atom is -0.395 e. The summed E-state index contributed by atoms with van der Waals surface area (Å²) in [5.41, 5.74) is 1.15. The van der Waals surface area contributed by atoms with Gasteiger partial charge in [-0.05, 0) is 31.0 Å². The van der Waals surface area contributed by atoms with Crippen molar-refractivity contribution in [3.63, 3.8) is 0 Å². The van der Waals surface area contributed by atoms with Gasteiger partial charge in [-0.15, -0.1) is 0 Å². The molecule has 0 radical (unpaired) electrons. The maximum Gasteiger partial charge on any atom is 0.253 e. The number of carbonyl (C=O) groups excluding carboxylic acids is 2. The molecule has 0 aromatic heterocycles. The van der Waals surface area contributed by atoms with E-state index in [0.717, 1.165) is 12.8 Å². The predicted octanol–water partition coefficient (Wildman–Crippen LogP) is 0.784. The first-order chi connectivity index (χ1) is 10.5. The minimum atomic E-state index is -0.130. The number of carbonyl (C=O) groups is 2. The Kier molecular flexibility index (Phi) is 5.51. The number of hydrogen-bond acceptors (Lipinski definition) is 4. The van der Waals surface area contributed by atoms with Crippen LogP contribution in [-0.2, 0) is 4.79 Å². The normalized spacial score (nSPS) is 14.0. The molecule has 120 valence electrons. The predicted molar refractivity (Wildman–Crippen MR) is 84.8 cm³/mol. The van der Waals surface area contributed by atoms with Crippen LogP contribution in [0.3, 0.4) is 0 Å². The van der Waals surface area contributed by atoms with Gasteiger partial charge in [-0.3, -0.25) is 14.5 Å². The van der Waals surface area contributed by atoms with Crippen LogP contribution in [0.15, 0.2) is 24.3 Å². The first kappa shape index (κ1) is 16.5. The summed E-state index contributed by atoms with van der Waals surface area (Å²) in [7, 11) is 3.38. The second kappa shape index (κ2) is 7.38. The van der Waals surface area contributed by atoms with Crippen LogP contribution < -0.4 is 5.32 Å². The Morgan fingerprint density at radius 3 is 2.64 bits per heavy atom. The van der Waals surface area contributed by atoms with E-state index in [4.69, 9.17) is 5.11 Å². The number of aliphatic hydroxyl groups excluding tert-OH is 1. The highest BCUT2D eigenvalue weighted by Crippen LogP contribution is 2.26. The van der Waals surface area contributed by atoms with Crippen LogP contribution in [0.25, 0.3) is 0 Å². The van der Waals surface area contributed by atoms with E-state index < -0.39 is 0 Å². The quantitative estimate of drug-likeness (QED) is 0.781. The zero-order valence-corrected chi connectivity index (χ0v) is 13.1. The fourth-order valence-corrected chi connectivity index (χ4v) is 2.33. The van der Waals surface area contributed by atoms with E-state index in [-0.39, 0.29) is 25.0 Å². The standard InChI is InChI=1S/C16H23N3O3/c1-18(2)16(22)12-4-3-5-13(10-12)17-15(21)11-19(8-9-20)14-6-7-14/h3-5,10,14,20H,6-9,11H2,1-2H3,(H,17,21). The van der Waals surface area contributed by atoms with Gasteiger partial charge in [-0.1, -0.05) is 6.07 Å². The summed E-state index contributed by atoms with van der Waals surface area (Å²) < 4.78 is 0. The van der Waals surface area contributed by atoms with Crippen molar-refractivity contribution < 1.29 is 14.7 Å². The van der Waals surface area contributed by atoms with Crippen molar-refractivity contribution in [1.29, 1.82) is 0 Å². The highest BCUT2D eigenvalue weighted by molar-refractivity contribution is 5.97. The highest BCUT2D eigenvalue weighted by atomic mass is 16.3. The van der Waals surface area contributed by atoms with Gasteiger partial charge in [0.1, 0.15) is 0 Å². The third-order valence-electron chi connectivity index (χ3n) is 3.60. The Morgan fingerprint density at radius 2 is 2.05 bits per heavy atom. The smallest absolute Gasteiger partial charge is 0.253 e. The zero-order chi connectivity index (χ0) is 16.1. The molecular formula is C16H23N3O3. The number of hydrogen-bond donors (Lipinski definition) is 2. The van der Waals surface area contributed by atoms with Crippen molar-refractivity contribution >= 4 is 17.5 Å². The van der Waals surface area contributed by atoms with Crippen LogP contribution in [0.1, 0.15) is 23.2 Å². The van der Waals surface area contributed by atoms with E-state index in [1.54, 1.807) is 38.4 Å². The first-order valence-electron chi connectivity index (χ1n) is 7.47. The topological polar surface area (TPSA) is 72.9 Å². The lowest BCUT2D eigenvalue weighted by atomic mass is 10.2. The maximum atomic E-state index is 12.1. The maximum absolute atomic E-state index is 12.1. The minimum absolute atomic E-state index is 0.0522. The van der Waals surface area contributed by atoms with Gasteiger partial charge in [0.25, 0.3) is 5.91 Å². The molecule has 1 aliphatic rings. The van der Waals surface area contributed by atoms with Gasteiger partial charge < -0.3 is 15.3 Å². The third-order valence-corrected chi connectivity index (χ3v) is 3.60. The van der Waals surface area contributed by atoms with E-state index >= 15 is 0 Å². The summed E-state index contributed by atoms with van der Waals surface area (Å²) in [6.45, 7) is 0.824. The summed E-state index contributed by atoms with van der Waals surface area (Å²) in [5.74, 6) is -0.231. The van der Waals surface area contributed by atoms with Crippen molar-refractivity contribution in [2.75, 3.05) is 39.1 Å².